The van der Waals surface area contributed by atoms with Crippen LogP contribution >= 0.6 is 11.3 Å². The maximum Gasteiger partial charge on any atom is 0.326 e. The van der Waals surface area contributed by atoms with E-state index in [4.69, 9.17) is 5.11 Å². The standard InChI is InChI=1S/C11H17N3O3S/c1-6(2)9(10(15)16)14-11(17)12-4-8-7(3)13-5-18-8/h5-6,9H,4H2,1-3H3,(H,15,16)(H2,12,14,17)/t9-/m1/s1. The SMILES string of the molecule is Cc1ncsc1CNC(=O)N[C@@H](C(=O)O)C(C)C. The molecule has 0 fully saturated rings. The van der Waals surface area contributed by atoms with E-state index in [1.54, 1.807) is 19.4 Å². The summed E-state index contributed by atoms with van der Waals surface area (Å²) in [6, 6.07) is -1.36. The third-order valence-electron chi connectivity index (χ3n) is 2.47. The Bertz CT molecular complexity index is 431. The number of aliphatic carboxylic acids is 1. The Morgan fingerprint density at radius 2 is 2.17 bits per heavy atom. The van der Waals surface area contributed by atoms with Crippen LogP contribution < -0.4 is 10.6 Å². The van der Waals surface area contributed by atoms with Crippen LogP contribution in [0, 0.1) is 12.8 Å². The highest BCUT2D eigenvalue weighted by molar-refractivity contribution is 7.09. The Morgan fingerprint density at radius 1 is 1.50 bits per heavy atom. The molecule has 1 aromatic heterocycles. The lowest BCUT2D eigenvalue weighted by atomic mass is 10.1. The van der Waals surface area contributed by atoms with Crippen molar-refractivity contribution in [3.05, 3.63) is 16.1 Å². The molecule has 0 saturated carbocycles. The Hall–Kier alpha value is -1.63. The maximum atomic E-state index is 11.6. The minimum absolute atomic E-state index is 0.168. The zero-order valence-corrected chi connectivity index (χ0v) is 11.4. The Labute approximate surface area is 109 Å². The van der Waals surface area contributed by atoms with Crippen LogP contribution in [-0.4, -0.2) is 28.1 Å². The van der Waals surface area contributed by atoms with Crippen molar-refractivity contribution < 1.29 is 14.7 Å². The molecule has 0 aliphatic heterocycles. The minimum Gasteiger partial charge on any atom is -0.480 e. The first-order valence-corrected chi connectivity index (χ1v) is 6.46. The summed E-state index contributed by atoms with van der Waals surface area (Å²) in [4.78, 5) is 27.5. The maximum absolute atomic E-state index is 11.6. The van der Waals surface area contributed by atoms with E-state index in [-0.39, 0.29) is 5.92 Å². The smallest absolute Gasteiger partial charge is 0.326 e. The van der Waals surface area contributed by atoms with Gasteiger partial charge in [0.15, 0.2) is 0 Å². The van der Waals surface area contributed by atoms with Crippen LogP contribution in [0.4, 0.5) is 4.79 Å². The first-order chi connectivity index (χ1) is 8.41. The fraction of sp³-hybridized carbons (Fsp3) is 0.545. The number of aryl methyl sites for hydroxylation is 1. The van der Waals surface area contributed by atoms with Gasteiger partial charge in [-0.15, -0.1) is 11.3 Å². The second kappa shape index (κ2) is 6.34. The summed E-state index contributed by atoms with van der Waals surface area (Å²) in [6.45, 7) is 5.70. The average molecular weight is 271 g/mol. The van der Waals surface area contributed by atoms with Gasteiger partial charge in [0.2, 0.25) is 0 Å². The van der Waals surface area contributed by atoms with E-state index in [0.29, 0.717) is 6.54 Å². The fourth-order valence-corrected chi connectivity index (χ4v) is 2.08. The second-order valence-electron chi connectivity index (χ2n) is 4.25. The van der Waals surface area contributed by atoms with Crippen molar-refractivity contribution in [1.29, 1.82) is 0 Å². The highest BCUT2D eigenvalue weighted by Crippen LogP contribution is 2.11. The molecule has 1 aromatic rings. The lowest BCUT2D eigenvalue weighted by Crippen LogP contribution is -2.48. The van der Waals surface area contributed by atoms with Crippen molar-refractivity contribution in [1.82, 2.24) is 15.6 Å². The molecule has 3 N–H and O–H groups in total. The predicted molar refractivity (Wildman–Crippen MR) is 68.5 cm³/mol. The van der Waals surface area contributed by atoms with E-state index in [0.717, 1.165) is 10.6 Å². The summed E-state index contributed by atoms with van der Waals surface area (Å²) in [5, 5.41) is 14.0. The predicted octanol–water partition coefficient (Wildman–Crippen LogP) is 1.36. The van der Waals surface area contributed by atoms with E-state index in [2.05, 4.69) is 15.6 Å². The van der Waals surface area contributed by atoms with E-state index in [1.807, 2.05) is 6.92 Å². The van der Waals surface area contributed by atoms with Crippen LogP contribution in [0.1, 0.15) is 24.4 Å². The Morgan fingerprint density at radius 3 is 2.61 bits per heavy atom. The summed E-state index contributed by atoms with van der Waals surface area (Å²) in [6.07, 6.45) is 0. The van der Waals surface area contributed by atoms with Gasteiger partial charge in [0.05, 0.1) is 17.7 Å². The molecule has 6 nitrogen and oxygen atoms in total. The molecule has 0 radical (unpaired) electrons. The molecule has 0 aromatic carbocycles. The third-order valence-corrected chi connectivity index (χ3v) is 3.41. The lowest BCUT2D eigenvalue weighted by Gasteiger charge is -2.18. The minimum atomic E-state index is -1.03. The quantitative estimate of drug-likeness (QED) is 0.754. The molecule has 100 valence electrons. The monoisotopic (exact) mass is 271 g/mol. The fourth-order valence-electron chi connectivity index (χ4n) is 1.36. The summed E-state index contributed by atoms with van der Waals surface area (Å²) >= 11 is 1.45. The lowest BCUT2D eigenvalue weighted by molar-refractivity contribution is -0.140. The van der Waals surface area contributed by atoms with Crippen LogP contribution in [0.5, 0.6) is 0 Å². The number of hydrogen-bond acceptors (Lipinski definition) is 4. The average Bonchev–Trinajstić information content (AvgIpc) is 2.68. The van der Waals surface area contributed by atoms with Crippen molar-refractivity contribution in [3.63, 3.8) is 0 Å². The number of thiazole rings is 1. The van der Waals surface area contributed by atoms with E-state index in [9.17, 15) is 9.59 Å². The molecule has 0 aliphatic rings. The largest absolute Gasteiger partial charge is 0.480 e. The zero-order chi connectivity index (χ0) is 13.7. The van der Waals surface area contributed by atoms with Crippen molar-refractivity contribution >= 4 is 23.3 Å². The summed E-state index contributed by atoms with van der Waals surface area (Å²) in [7, 11) is 0. The van der Waals surface area contributed by atoms with Gasteiger partial charge < -0.3 is 15.7 Å². The zero-order valence-electron chi connectivity index (χ0n) is 10.6. The number of hydrogen-bond donors (Lipinski definition) is 3. The summed E-state index contributed by atoms with van der Waals surface area (Å²) < 4.78 is 0. The first-order valence-electron chi connectivity index (χ1n) is 5.58. The first kappa shape index (κ1) is 14.4. The molecular formula is C11H17N3O3S. The van der Waals surface area contributed by atoms with Crippen molar-refractivity contribution in [2.24, 2.45) is 5.92 Å². The van der Waals surface area contributed by atoms with Crippen molar-refractivity contribution in [3.8, 4) is 0 Å². The molecule has 2 amide bonds. The van der Waals surface area contributed by atoms with Crippen LogP contribution in [0.2, 0.25) is 0 Å². The van der Waals surface area contributed by atoms with Gasteiger partial charge in [0.1, 0.15) is 6.04 Å². The molecule has 0 spiro atoms. The number of nitrogens with zero attached hydrogens (tertiary/aromatic N) is 1. The summed E-state index contributed by atoms with van der Waals surface area (Å²) in [5.74, 6) is -1.20. The molecule has 18 heavy (non-hydrogen) atoms. The topological polar surface area (TPSA) is 91.3 Å². The summed E-state index contributed by atoms with van der Waals surface area (Å²) in [5.41, 5.74) is 2.58. The van der Waals surface area contributed by atoms with Gasteiger partial charge in [-0.3, -0.25) is 0 Å². The van der Waals surface area contributed by atoms with Gasteiger partial charge in [-0.05, 0) is 12.8 Å². The third kappa shape index (κ3) is 3.99. The molecular weight excluding hydrogens is 254 g/mol. The molecule has 1 rings (SSSR count). The molecule has 0 saturated heterocycles. The van der Waals surface area contributed by atoms with Gasteiger partial charge in [0.25, 0.3) is 0 Å². The molecule has 1 heterocycles. The number of nitrogens with one attached hydrogen (secondary N) is 2. The molecule has 0 aliphatic carbocycles. The number of carboxylic acids is 1. The normalized spacial score (nSPS) is 12.2. The van der Waals surface area contributed by atoms with Crippen molar-refractivity contribution in [2.75, 3.05) is 0 Å². The molecule has 0 bridgehead atoms. The molecule has 1 atom stereocenters. The number of carboxylic acid groups (broad SMARTS) is 1. The molecule has 0 unspecified atom stereocenters. The molecule has 7 heteroatoms. The highest BCUT2D eigenvalue weighted by Gasteiger charge is 2.23. The number of urea groups is 1. The van der Waals surface area contributed by atoms with Crippen LogP contribution in [0.3, 0.4) is 0 Å². The van der Waals surface area contributed by atoms with Crippen LogP contribution in [-0.2, 0) is 11.3 Å². The van der Waals surface area contributed by atoms with Crippen molar-refractivity contribution in [2.45, 2.75) is 33.4 Å². The van der Waals surface area contributed by atoms with Gasteiger partial charge >= 0.3 is 12.0 Å². The van der Waals surface area contributed by atoms with Gasteiger partial charge in [-0.25, -0.2) is 14.6 Å². The van der Waals surface area contributed by atoms with Gasteiger partial charge in [0, 0.05) is 4.88 Å². The van der Waals surface area contributed by atoms with Gasteiger partial charge in [-0.2, -0.15) is 0 Å². The second-order valence-corrected chi connectivity index (χ2v) is 5.19. The van der Waals surface area contributed by atoms with Crippen LogP contribution in [0.15, 0.2) is 5.51 Å². The Kier molecular flexibility index (Phi) is 5.08. The van der Waals surface area contributed by atoms with E-state index < -0.39 is 18.0 Å². The highest BCUT2D eigenvalue weighted by atomic mass is 32.1. The van der Waals surface area contributed by atoms with E-state index >= 15 is 0 Å². The number of amides is 2. The number of carbonyl (C=O) groups excluding carboxylic acids is 1. The van der Waals surface area contributed by atoms with Gasteiger partial charge in [-0.1, -0.05) is 13.8 Å². The van der Waals surface area contributed by atoms with Crippen LogP contribution in [0.25, 0.3) is 0 Å². The Balaban J connectivity index is 2.46. The number of rotatable bonds is 5. The van der Waals surface area contributed by atoms with E-state index in [1.165, 1.54) is 11.3 Å². The number of carbonyl (C=O) groups is 2. The number of aromatic nitrogens is 1.